The van der Waals surface area contributed by atoms with E-state index in [1.807, 2.05) is 0 Å². The van der Waals surface area contributed by atoms with Gasteiger partial charge in [0.05, 0.1) is 0 Å². The predicted octanol–water partition coefficient (Wildman–Crippen LogP) is 5.13. The number of hydrogen-bond donors (Lipinski definition) is 0. The second-order valence-electron chi connectivity index (χ2n) is 0.753. The molecule has 0 heterocycles. The molecule has 0 spiro atoms. The van der Waals surface area contributed by atoms with Crippen LogP contribution in [-0.4, -0.2) is 9.39 Å². The zero-order valence-corrected chi connectivity index (χ0v) is 13.3. The second kappa shape index (κ2) is 6.96. The van der Waals surface area contributed by atoms with Gasteiger partial charge in [-0.15, -0.1) is 0 Å². The summed E-state index contributed by atoms with van der Waals surface area (Å²) in [5.74, 6) is 0. The van der Waals surface area contributed by atoms with E-state index >= 15 is 0 Å². The van der Waals surface area contributed by atoms with Crippen LogP contribution in [0.4, 0.5) is 0 Å². The van der Waals surface area contributed by atoms with E-state index in [1.165, 1.54) is 0 Å². The molecule has 0 aliphatic rings. The monoisotopic (exact) mass is 504 g/mol. The molecule has 0 nitrogen and oxygen atoms in total. The van der Waals surface area contributed by atoms with Gasteiger partial charge < -0.3 is 40.2 Å². The summed E-state index contributed by atoms with van der Waals surface area (Å²) in [5, 5.41) is 0. The van der Waals surface area contributed by atoms with E-state index in [9.17, 15) is 0 Å². The van der Waals surface area contributed by atoms with Crippen molar-refractivity contribution in [1.82, 2.24) is 0 Å². The molecule has 0 aromatic heterocycles. The van der Waals surface area contributed by atoms with Gasteiger partial charge in [-0.2, -0.15) is 0 Å². The van der Waals surface area contributed by atoms with E-state index < -0.39 is 22.2 Å². The summed E-state index contributed by atoms with van der Waals surface area (Å²) in [6, 6.07) is 0. The van der Waals surface area contributed by atoms with Crippen LogP contribution in [-0.2, 0) is 12.8 Å². The first-order valence-corrected chi connectivity index (χ1v) is 19.0. The van der Waals surface area contributed by atoms with Crippen LogP contribution in [0.1, 0.15) is 0 Å². The fraction of sp³-hybridized carbons (Fsp3) is 0. The Bertz CT molecular complexity index is 52.2. The van der Waals surface area contributed by atoms with Crippen LogP contribution in [0.2, 0.25) is 0 Å². The van der Waals surface area contributed by atoms with Gasteiger partial charge in [0.2, 0.25) is 0 Å². The van der Waals surface area contributed by atoms with Crippen molar-refractivity contribution in [2.24, 2.45) is 0 Å². The fourth-order valence-corrected chi connectivity index (χ4v) is 0. The molecule has 0 aliphatic heterocycles. The van der Waals surface area contributed by atoms with E-state index in [0.29, 0.717) is 0 Å². The quantitative estimate of drug-likeness (QED) is 0.399. The molecule has 0 amide bonds. The van der Waals surface area contributed by atoms with Gasteiger partial charge in [0.1, 0.15) is 0 Å². The Morgan fingerprint density at radius 3 is 0.700 bits per heavy atom. The summed E-state index contributed by atoms with van der Waals surface area (Å²) in [6.45, 7) is 0. The molecule has 0 bridgehead atoms. The van der Waals surface area contributed by atoms with Gasteiger partial charge in [-0.25, -0.2) is 0 Å². The fourth-order valence-electron chi connectivity index (χ4n) is 0. The minimum absolute atomic E-state index is 2.94. The molecule has 0 atom stereocenters. The average molecular weight is 508 g/mol. The van der Waals surface area contributed by atoms with Crippen molar-refractivity contribution in [1.29, 1.82) is 0 Å². The minimum atomic E-state index is -3.00. The first-order chi connectivity index (χ1) is 4.00. The first-order valence-electron chi connectivity index (χ1n) is 1.33. The number of halogens is 8. The van der Waals surface area contributed by atoms with Crippen molar-refractivity contribution >= 4 is 86.3 Å². The standard InChI is InChI=1S/Al.Au.8ClH/h;;8*1H/q2*+3;;;;;;;;/p-8. The van der Waals surface area contributed by atoms with E-state index in [2.05, 4.69) is 0 Å². The van der Waals surface area contributed by atoms with Crippen molar-refractivity contribution in [3.63, 3.8) is 0 Å². The first kappa shape index (κ1) is 16.0. The molecule has 0 aromatic carbocycles. The van der Waals surface area contributed by atoms with E-state index in [0.717, 1.165) is 0 Å². The zero-order chi connectivity index (χ0) is 9.00. The Morgan fingerprint density at radius 2 is 0.700 bits per heavy atom. The molecule has 0 aromatic rings. The number of rotatable bonds is 0. The molecular formula is AlAuCl8-2. The molecule has 72 valence electrons. The van der Waals surface area contributed by atoms with Gasteiger partial charge in [0.25, 0.3) is 0 Å². The number of hydrogen-bond acceptors (Lipinski definition) is 0. The Labute approximate surface area is 97.3 Å². The van der Waals surface area contributed by atoms with Gasteiger partial charge in [0.15, 0.2) is 0 Å². The van der Waals surface area contributed by atoms with Gasteiger partial charge in [-0.1, -0.05) is 0 Å². The van der Waals surface area contributed by atoms with Gasteiger partial charge in [0, 0.05) is 0 Å². The summed E-state index contributed by atoms with van der Waals surface area (Å²) >= 11 is -3.00. The van der Waals surface area contributed by atoms with Crippen LogP contribution < -0.4 is 0 Å². The third kappa shape index (κ3) is 101. The molecule has 0 radical (unpaired) electrons. The predicted molar refractivity (Wildman–Crippen MR) is 52.6 cm³/mol. The Balaban J connectivity index is 0. The van der Waals surface area contributed by atoms with Crippen LogP contribution in [0.5, 0.6) is 0 Å². The summed E-state index contributed by atoms with van der Waals surface area (Å²) < 4.78 is 0. The summed E-state index contributed by atoms with van der Waals surface area (Å²) in [7, 11) is 37.0. The SMILES string of the molecule is [Cl][Al-]([Cl])([Cl])[Cl].[Cl][Au-]([Cl])([Cl])[Cl]. The van der Waals surface area contributed by atoms with Gasteiger partial charge in [-0.3, -0.25) is 0 Å². The van der Waals surface area contributed by atoms with Crippen molar-refractivity contribution in [3.05, 3.63) is 0 Å². The van der Waals surface area contributed by atoms with Crippen LogP contribution in [0, 0.1) is 0 Å². The summed E-state index contributed by atoms with van der Waals surface area (Å²) in [6.07, 6.45) is 0. The van der Waals surface area contributed by atoms with Crippen LogP contribution >= 0.6 is 77.0 Å². The maximum atomic E-state index is 5.00. The maximum absolute atomic E-state index is 5.00. The topological polar surface area (TPSA) is 0 Å². The van der Waals surface area contributed by atoms with Crippen LogP contribution in [0.15, 0.2) is 0 Å². The van der Waals surface area contributed by atoms with Gasteiger partial charge >= 0.3 is 59.0 Å². The Hall–Kier alpha value is 3.59. The third-order valence-electron chi connectivity index (χ3n) is 0. The molecule has 10 heteroatoms. The van der Waals surface area contributed by atoms with E-state index in [-0.39, 0.29) is 0 Å². The van der Waals surface area contributed by atoms with Crippen molar-refractivity contribution in [2.45, 2.75) is 0 Å². The molecule has 0 fully saturated rings. The molecule has 0 unspecified atom stereocenters. The van der Waals surface area contributed by atoms with E-state index in [4.69, 9.17) is 77.0 Å². The normalized spacial score (nSPS) is 13.6. The Kier molecular flexibility index (Phi) is 11.2. The summed E-state index contributed by atoms with van der Waals surface area (Å²) in [4.78, 5) is 0. The van der Waals surface area contributed by atoms with Crippen molar-refractivity contribution in [3.8, 4) is 0 Å². The molecular weight excluding hydrogens is 508 g/mol. The zero-order valence-electron chi connectivity index (χ0n) is 3.90. The van der Waals surface area contributed by atoms with E-state index in [1.54, 1.807) is 0 Å². The molecule has 0 rings (SSSR count). The molecule has 0 aliphatic carbocycles. The third-order valence-corrected chi connectivity index (χ3v) is 0. The molecule has 0 N–H and O–H groups in total. The van der Waals surface area contributed by atoms with Crippen LogP contribution in [0.25, 0.3) is 0 Å². The van der Waals surface area contributed by atoms with Crippen molar-refractivity contribution < 1.29 is 12.8 Å². The Morgan fingerprint density at radius 1 is 0.700 bits per heavy atom. The summed E-state index contributed by atoms with van der Waals surface area (Å²) in [5.41, 5.74) is 0. The van der Waals surface area contributed by atoms with Gasteiger partial charge in [-0.05, 0) is 0 Å². The molecule has 0 saturated heterocycles. The van der Waals surface area contributed by atoms with Crippen molar-refractivity contribution in [2.75, 3.05) is 0 Å². The molecule has 0 saturated carbocycles. The van der Waals surface area contributed by atoms with Crippen LogP contribution in [0.3, 0.4) is 0 Å². The second-order valence-corrected chi connectivity index (χ2v) is 32.4. The average Bonchev–Trinajstić information content (AvgIpc) is 1.12. The molecule has 10 heavy (non-hydrogen) atoms.